The number of Topliss-reactive ketones (excluding diaryl/α,β-unsaturated/α-hetero) is 1. The lowest BCUT2D eigenvalue weighted by Gasteiger charge is -2.18. The molecule has 2 aromatic carbocycles. The first-order chi connectivity index (χ1) is 16.9. The number of nitrogens with one attached hydrogen (secondary N) is 2. The lowest BCUT2D eigenvalue weighted by atomic mass is 9.95. The number of benzene rings is 2. The number of carbonyl (C=O) groups is 3. The van der Waals surface area contributed by atoms with E-state index < -0.39 is 12.1 Å². The maximum Gasteiger partial charge on any atom is 0.399 e. The molecular formula is C26H25Cl2F3N2O3. The normalized spacial score (nSPS) is 14.5. The molecule has 0 radical (unpaired) electrons. The molecule has 2 amide bonds. The number of carbonyl (C=O) groups excluding carboxylic acids is 3. The topological polar surface area (TPSA) is 75.3 Å². The highest BCUT2D eigenvalue weighted by atomic mass is 35.5. The Kier molecular flexibility index (Phi) is 9.19. The highest BCUT2D eigenvalue weighted by molar-refractivity contribution is 6.34. The van der Waals surface area contributed by atoms with E-state index in [1.54, 1.807) is 25.1 Å². The van der Waals surface area contributed by atoms with Crippen LogP contribution in [0.3, 0.4) is 0 Å². The number of hydrogen-bond donors (Lipinski definition) is 2. The molecule has 0 bridgehead atoms. The molecule has 1 atom stereocenters. The molecule has 1 aliphatic rings. The smallest absolute Gasteiger partial charge is 0.294 e. The average molecular weight is 541 g/mol. The van der Waals surface area contributed by atoms with Gasteiger partial charge in [0, 0.05) is 34.4 Å². The van der Waals surface area contributed by atoms with Crippen molar-refractivity contribution in [1.29, 1.82) is 0 Å². The van der Waals surface area contributed by atoms with E-state index in [1.165, 1.54) is 24.3 Å². The fourth-order valence-electron chi connectivity index (χ4n) is 3.66. The van der Waals surface area contributed by atoms with Crippen molar-refractivity contribution in [1.82, 2.24) is 10.9 Å². The standard InChI is InChI=1S/C26H25Cl2F3N2O3/c1-15-11-16(6-10-22(26(29,30)31)18-12-19(27)14-20(28)13-18)5-9-21(15)23(34)3-2-4-24(35)32-33-25(36)17-7-8-17/h5-6,9-14,17,22H,2-4,7-8H2,1H3,(H,32,35)(H,33,36)/b10-6+. The summed E-state index contributed by atoms with van der Waals surface area (Å²) in [5.74, 6) is -2.70. The molecule has 2 aromatic rings. The molecule has 0 saturated heterocycles. The van der Waals surface area contributed by atoms with Gasteiger partial charge in [-0.25, -0.2) is 0 Å². The summed E-state index contributed by atoms with van der Waals surface area (Å²) < 4.78 is 41.1. The van der Waals surface area contributed by atoms with Crippen LogP contribution in [0.2, 0.25) is 10.0 Å². The van der Waals surface area contributed by atoms with Gasteiger partial charge in [0.15, 0.2) is 5.78 Å². The molecule has 5 nitrogen and oxygen atoms in total. The van der Waals surface area contributed by atoms with E-state index in [1.807, 2.05) is 0 Å². The van der Waals surface area contributed by atoms with Crippen LogP contribution >= 0.6 is 23.2 Å². The second-order valence-corrected chi connectivity index (χ2v) is 9.62. The summed E-state index contributed by atoms with van der Waals surface area (Å²) in [7, 11) is 0. The Morgan fingerprint density at radius 1 is 1.03 bits per heavy atom. The van der Waals surface area contributed by atoms with Gasteiger partial charge in [0.2, 0.25) is 11.8 Å². The molecule has 0 aliphatic heterocycles. The molecule has 10 heteroatoms. The number of ketones is 1. The first-order valence-corrected chi connectivity index (χ1v) is 12.1. The van der Waals surface area contributed by atoms with Gasteiger partial charge in [-0.05, 0) is 61.1 Å². The van der Waals surface area contributed by atoms with E-state index in [4.69, 9.17) is 23.2 Å². The molecule has 0 aromatic heterocycles. The average Bonchev–Trinajstić information content (AvgIpc) is 3.61. The van der Waals surface area contributed by atoms with Gasteiger partial charge in [-0.3, -0.25) is 25.2 Å². The molecule has 0 spiro atoms. The van der Waals surface area contributed by atoms with Crippen LogP contribution in [-0.2, 0) is 9.59 Å². The predicted octanol–water partition coefficient (Wildman–Crippen LogP) is 6.57. The molecule has 1 unspecified atom stereocenters. The van der Waals surface area contributed by atoms with Gasteiger partial charge in [-0.1, -0.05) is 53.6 Å². The SMILES string of the molecule is Cc1cc(/C=C/C(c2cc(Cl)cc(Cl)c2)C(F)(F)F)ccc1C(=O)CCCC(=O)NNC(=O)C1CC1. The van der Waals surface area contributed by atoms with Crippen LogP contribution in [0.25, 0.3) is 6.08 Å². The molecule has 2 N–H and O–H groups in total. The van der Waals surface area contributed by atoms with Crippen molar-refractivity contribution in [3.63, 3.8) is 0 Å². The summed E-state index contributed by atoms with van der Waals surface area (Å²) in [6.45, 7) is 1.70. The Morgan fingerprint density at radius 3 is 2.28 bits per heavy atom. The minimum Gasteiger partial charge on any atom is -0.294 e. The third-order valence-corrected chi connectivity index (χ3v) is 6.15. The summed E-state index contributed by atoms with van der Waals surface area (Å²) >= 11 is 11.8. The number of allylic oxidation sites excluding steroid dienone is 1. The number of alkyl halides is 3. The number of amides is 2. The molecule has 192 valence electrons. The van der Waals surface area contributed by atoms with Crippen molar-refractivity contribution in [3.8, 4) is 0 Å². The Bertz CT molecular complexity index is 1160. The summed E-state index contributed by atoms with van der Waals surface area (Å²) in [6.07, 6.45) is -0.0570. The van der Waals surface area contributed by atoms with E-state index >= 15 is 0 Å². The van der Waals surface area contributed by atoms with Crippen molar-refractivity contribution < 1.29 is 27.6 Å². The van der Waals surface area contributed by atoms with Crippen LogP contribution in [0.4, 0.5) is 13.2 Å². The van der Waals surface area contributed by atoms with Gasteiger partial charge in [0.05, 0.1) is 5.92 Å². The third kappa shape index (κ3) is 8.10. The summed E-state index contributed by atoms with van der Waals surface area (Å²) in [5, 5.41) is 0.221. The Labute approximate surface area is 217 Å². The van der Waals surface area contributed by atoms with Crippen molar-refractivity contribution >= 4 is 46.9 Å². The Hall–Kier alpha value is -2.84. The Balaban J connectivity index is 1.59. The Morgan fingerprint density at radius 2 is 1.69 bits per heavy atom. The van der Waals surface area contributed by atoms with E-state index in [9.17, 15) is 27.6 Å². The molecule has 1 fully saturated rings. The first-order valence-electron chi connectivity index (χ1n) is 11.4. The van der Waals surface area contributed by atoms with Gasteiger partial charge in [-0.15, -0.1) is 0 Å². The fraction of sp³-hybridized carbons (Fsp3) is 0.346. The molecule has 36 heavy (non-hydrogen) atoms. The monoisotopic (exact) mass is 540 g/mol. The van der Waals surface area contributed by atoms with E-state index in [-0.39, 0.29) is 52.0 Å². The zero-order valence-electron chi connectivity index (χ0n) is 19.4. The van der Waals surface area contributed by atoms with Gasteiger partial charge in [0.1, 0.15) is 0 Å². The van der Waals surface area contributed by atoms with Crippen LogP contribution in [0.5, 0.6) is 0 Å². The molecule has 1 aliphatic carbocycles. The summed E-state index contributed by atoms with van der Waals surface area (Å²) in [5.41, 5.74) is 6.16. The number of hydrogen-bond acceptors (Lipinski definition) is 3. The highest BCUT2D eigenvalue weighted by Gasteiger charge is 2.39. The minimum atomic E-state index is -4.55. The maximum atomic E-state index is 13.7. The number of hydrazine groups is 1. The van der Waals surface area contributed by atoms with E-state index in [0.717, 1.165) is 18.9 Å². The van der Waals surface area contributed by atoms with Gasteiger partial charge >= 0.3 is 6.18 Å². The second kappa shape index (κ2) is 11.9. The highest BCUT2D eigenvalue weighted by Crippen LogP contribution is 2.38. The van der Waals surface area contributed by atoms with Crippen LogP contribution in [-0.4, -0.2) is 23.8 Å². The largest absolute Gasteiger partial charge is 0.399 e. The van der Waals surface area contributed by atoms with E-state index in [2.05, 4.69) is 10.9 Å². The summed E-state index contributed by atoms with van der Waals surface area (Å²) in [6, 6.07) is 8.57. The minimum absolute atomic E-state index is 0.0256. The second-order valence-electron chi connectivity index (χ2n) is 8.74. The summed E-state index contributed by atoms with van der Waals surface area (Å²) in [4.78, 5) is 35.9. The van der Waals surface area contributed by atoms with Crippen LogP contribution in [0.1, 0.15) is 65.1 Å². The number of rotatable bonds is 9. The van der Waals surface area contributed by atoms with Crippen molar-refractivity contribution in [2.45, 2.75) is 51.1 Å². The first kappa shape index (κ1) is 27.7. The van der Waals surface area contributed by atoms with E-state index in [0.29, 0.717) is 23.1 Å². The third-order valence-electron chi connectivity index (χ3n) is 5.71. The van der Waals surface area contributed by atoms with Crippen molar-refractivity contribution in [3.05, 3.63) is 74.8 Å². The number of halogens is 5. The van der Waals surface area contributed by atoms with Crippen LogP contribution < -0.4 is 10.9 Å². The fourth-order valence-corrected chi connectivity index (χ4v) is 4.20. The molecule has 3 rings (SSSR count). The van der Waals surface area contributed by atoms with Gasteiger partial charge in [-0.2, -0.15) is 13.2 Å². The maximum absolute atomic E-state index is 13.7. The predicted molar refractivity (Wildman–Crippen MR) is 133 cm³/mol. The van der Waals surface area contributed by atoms with Crippen LogP contribution in [0, 0.1) is 12.8 Å². The van der Waals surface area contributed by atoms with Crippen molar-refractivity contribution in [2.24, 2.45) is 5.92 Å². The lowest BCUT2D eigenvalue weighted by Crippen LogP contribution is -2.42. The molecular weight excluding hydrogens is 516 g/mol. The molecule has 1 saturated carbocycles. The molecule has 0 heterocycles. The quantitative estimate of drug-likeness (QED) is 0.279. The van der Waals surface area contributed by atoms with Crippen LogP contribution in [0.15, 0.2) is 42.5 Å². The van der Waals surface area contributed by atoms with Crippen molar-refractivity contribution in [2.75, 3.05) is 0 Å². The zero-order valence-corrected chi connectivity index (χ0v) is 20.9. The van der Waals surface area contributed by atoms with Gasteiger partial charge in [0.25, 0.3) is 0 Å². The zero-order chi connectivity index (χ0) is 26.5. The lowest BCUT2D eigenvalue weighted by molar-refractivity contribution is -0.139. The van der Waals surface area contributed by atoms with Gasteiger partial charge < -0.3 is 0 Å². The number of aryl methyl sites for hydroxylation is 1.